The first-order valence-electron chi connectivity index (χ1n) is 5.49. The van der Waals surface area contributed by atoms with Crippen molar-refractivity contribution in [2.24, 2.45) is 0 Å². The van der Waals surface area contributed by atoms with Crippen LogP contribution in [0.4, 0.5) is 11.5 Å². The van der Waals surface area contributed by atoms with Crippen LogP contribution in [0.1, 0.15) is 5.56 Å². The number of halogens is 2. The average Bonchev–Trinajstić information content (AvgIpc) is 2.36. The molecule has 1 aromatic carbocycles. The van der Waals surface area contributed by atoms with Crippen molar-refractivity contribution in [2.45, 2.75) is 11.8 Å². The molecule has 0 atom stereocenters. The molecule has 0 saturated carbocycles. The van der Waals surface area contributed by atoms with Crippen LogP contribution in [-0.4, -0.2) is 13.4 Å². The molecule has 106 valence electrons. The van der Waals surface area contributed by atoms with Gasteiger partial charge in [0.1, 0.15) is 5.82 Å². The number of pyridine rings is 1. The Balaban J connectivity index is 2.38. The van der Waals surface area contributed by atoms with E-state index in [1.54, 1.807) is 13.0 Å². The zero-order valence-corrected chi connectivity index (χ0v) is 13.6. The highest BCUT2D eigenvalue weighted by Crippen LogP contribution is 2.26. The summed E-state index contributed by atoms with van der Waals surface area (Å²) in [7, 11) is -3.73. The largest absolute Gasteiger partial charge is 0.397 e. The van der Waals surface area contributed by atoms with Gasteiger partial charge in [0, 0.05) is 4.47 Å². The lowest BCUT2D eigenvalue weighted by Crippen LogP contribution is -2.15. The molecule has 0 fully saturated rings. The van der Waals surface area contributed by atoms with Crippen molar-refractivity contribution >= 4 is 49.1 Å². The van der Waals surface area contributed by atoms with Crippen molar-refractivity contribution in [3.05, 3.63) is 45.5 Å². The van der Waals surface area contributed by atoms with Gasteiger partial charge in [0.05, 0.1) is 21.8 Å². The van der Waals surface area contributed by atoms with Crippen LogP contribution in [0.15, 0.2) is 39.8 Å². The Morgan fingerprint density at radius 1 is 1.35 bits per heavy atom. The Morgan fingerprint density at radius 3 is 2.65 bits per heavy atom. The molecule has 0 saturated heterocycles. The molecule has 0 unspecified atom stereocenters. The van der Waals surface area contributed by atoms with E-state index in [9.17, 15) is 8.42 Å². The van der Waals surface area contributed by atoms with Crippen molar-refractivity contribution < 1.29 is 8.42 Å². The van der Waals surface area contributed by atoms with Crippen LogP contribution in [0.3, 0.4) is 0 Å². The molecular weight excluding hydrogens is 366 g/mol. The fourth-order valence-corrected chi connectivity index (χ4v) is 3.29. The maximum atomic E-state index is 12.3. The summed E-state index contributed by atoms with van der Waals surface area (Å²) in [5.41, 5.74) is 6.69. The van der Waals surface area contributed by atoms with Gasteiger partial charge in [0.15, 0.2) is 0 Å². The second kappa shape index (κ2) is 5.59. The molecule has 0 aliphatic heterocycles. The van der Waals surface area contributed by atoms with E-state index in [1.165, 1.54) is 24.4 Å². The summed E-state index contributed by atoms with van der Waals surface area (Å²) in [6, 6.07) is 5.99. The Hall–Kier alpha value is -1.31. The molecule has 2 aromatic rings. The molecular formula is C12H11BrClN3O2S. The number of sulfonamides is 1. The maximum Gasteiger partial charge on any atom is 0.263 e. The fourth-order valence-electron chi connectivity index (χ4n) is 1.53. The Morgan fingerprint density at radius 2 is 2.05 bits per heavy atom. The summed E-state index contributed by atoms with van der Waals surface area (Å²) in [6.07, 6.45) is 1.39. The van der Waals surface area contributed by atoms with Gasteiger partial charge in [-0.1, -0.05) is 11.6 Å². The molecule has 5 nitrogen and oxygen atoms in total. The highest BCUT2D eigenvalue weighted by atomic mass is 79.9. The van der Waals surface area contributed by atoms with Gasteiger partial charge < -0.3 is 5.73 Å². The molecule has 0 amide bonds. The van der Waals surface area contributed by atoms with Crippen molar-refractivity contribution in [1.82, 2.24) is 4.98 Å². The minimum atomic E-state index is -3.73. The third kappa shape index (κ3) is 3.23. The SMILES string of the molecule is Cc1cc(N)cnc1NS(=O)(=O)c1ccc(Cl)c(Br)c1. The van der Waals surface area contributed by atoms with E-state index in [1.807, 2.05) is 0 Å². The van der Waals surface area contributed by atoms with Crippen LogP contribution in [0, 0.1) is 6.92 Å². The predicted molar refractivity (Wildman–Crippen MR) is 83.3 cm³/mol. The van der Waals surface area contributed by atoms with Crippen LogP contribution < -0.4 is 10.5 Å². The molecule has 0 aliphatic carbocycles. The average molecular weight is 377 g/mol. The van der Waals surface area contributed by atoms with E-state index < -0.39 is 10.0 Å². The number of anilines is 2. The van der Waals surface area contributed by atoms with Gasteiger partial charge in [-0.05, 0) is 52.7 Å². The predicted octanol–water partition coefficient (Wildman–Crippen LogP) is 3.19. The molecule has 1 aromatic heterocycles. The summed E-state index contributed by atoms with van der Waals surface area (Å²) in [5.74, 6) is 0.241. The van der Waals surface area contributed by atoms with Gasteiger partial charge in [0.2, 0.25) is 0 Å². The molecule has 0 bridgehead atoms. The van der Waals surface area contributed by atoms with E-state index in [0.29, 0.717) is 20.7 Å². The number of nitrogens with zero attached hydrogens (tertiary/aromatic N) is 1. The molecule has 0 aliphatic rings. The number of nitrogens with one attached hydrogen (secondary N) is 1. The van der Waals surface area contributed by atoms with Gasteiger partial charge in [-0.25, -0.2) is 13.4 Å². The van der Waals surface area contributed by atoms with Crippen molar-refractivity contribution in [2.75, 3.05) is 10.5 Å². The van der Waals surface area contributed by atoms with Crippen molar-refractivity contribution in [3.63, 3.8) is 0 Å². The lowest BCUT2D eigenvalue weighted by atomic mass is 10.3. The summed E-state index contributed by atoms with van der Waals surface area (Å²) in [5, 5.41) is 0.436. The Labute approximate surface area is 130 Å². The van der Waals surface area contributed by atoms with Gasteiger partial charge in [-0.3, -0.25) is 4.72 Å². The minimum Gasteiger partial charge on any atom is -0.397 e. The van der Waals surface area contributed by atoms with Gasteiger partial charge >= 0.3 is 0 Å². The Kier molecular flexibility index (Phi) is 4.22. The standard InChI is InChI=1S/C12H11BrClN3O2S/c1-7-4-8(15)6-16-12(7)17-20(18,19)9-2-3-11(14)10(13)5-9/h2-6H,15H2,1H3,(H,16,17). The second-order valence-corrected chi connectivity index (χ2v) is 7.06. The minimum absolute atomic E-state index is 0.0896. The number of nitrogens with two attached hydrogens (primary N) is 1. The highest BCUT2D eigenvalue weighted by Gasteiger charge is 2.17. The molecule has 0 spiro atoms. The first-order chi connectivity index (χ1) is 9.29. The summed E-state index contributed by atoms with van der Waals surface area (Å²) in [6.45, 7) is 1.72. The first kappa shape index (κ1) is 15.1. The fraction of sp³-hybridized carbons (Fsp3) is 0.0833. The lowest BCUT2D eigenvalue weighted by molar-refractivity contribution is 0.601. The maximum absolute atomic E-state index is 12.3. The van der Waals surface area contributed by atoms with Crippen LogP contribution in [-0.2, 0) is 10.0 Å². The number of benzene rings is 1. The smallest absolute Gasteiger partial charge is 0.263 e. The molecule has 1 heterocycles. The number of rotatable bonds is 3. The van der Waals surface area contributed by atoms with E-state index in [0.717, 1.165) is 0 Å². The zero-order chi connectivity index (χ0) is 14.9. The molecule has 8 heteroatoms. The number of aryl methyl sites for hydroxylation is 1. The van der Waals surface area contributed by atoms with E-state index in [-0.39, 0.29) is 10.7 Å². The number of aromatic nitrogens is 1. The summed E-state index contributed by atoms with van der Waals surface area (Å²) >= 11 is 9.04. The van der Waals surface area contributed by atoms with Gasteiger partial charge in [0.25, 0.3) is 10.0 Å². The third-order valence-electron chi connectivity index (χ3n) is 2.53. The topological polar surface area (TPSA) is 85.1 Å². The van der Waals surface area contributed by atoms with Crippen molar-refractivity contribution in [1.29, 1.82) is 0 Å². The molecule has 3 N–H and O–H groups in total. The first-order valence-corrected chi connectivity index (χ1v) is 8.15. The van der Waals surface area contributed by atoms with Crippen LogP contribution >= 0.6 is 27.5 Å². The van der Waals surface area contributed by atoms with Gasteiger partial charge in [-0.15, -0.1) is 0 Å². The second-order valence-electron chi connectivity index (χ2n) is 4.12. The van der Waals surface area contributed by atoms with Gasteiger partial charge in [-0.2, -0.15) is 0 Å². The normalized spacial score (nSPS) is 11.3. The molecule has 20 heavy (non-hydrogen) atoms. The lowest BCUT2D eigenvalue weighted by Gasteiger charge is -2.10. The third-order valence-corrected chi connectivity index (χ3v) is 5.08. The number of hydrogen-bond acceptors (Lipinski definition) is 4. The van der Waals surface area contributed by atoms with Crippen LogP contribution in [0.2, 0.25) is 5.02 Å². The van der Waals surface area contributed by atoms with Crippen molar-refractivity contribution in [3.8, 4) is 0 Å². The van der Waals surface area contributed by atoms with Crippen LogP contribution in [0.25, 0.3) is 0 Å². The van der Waals surface area contributed by atoms with E-state index in [4.69, 9.17) is 17.3 Å². The van der Waals surface area contributed by atoms with E-state index >= 15 is 0 Å². The number of hydrogen-bond donors (Lipinski definition) is 2. The summed E-state index contributed by atoms with van der Waals surface area (Å²) < 4.78 is 27.4. The zero-order valence-electron chi connectivity index (χ0n) is 10.4. The van der Waals surface area contributed by atoms with E-state index in [2.05, 4.69) is 25.6 Å². The molecule has 2 rings (SSSR count). The highest BCUT2D eigenvalue weighted by molar-refractivity contribution is 9.10. The molecule has 0 radical (unpaired) electrons. The quantitative estimate of drug-likeness (QED) is 0.861. The monoisotopic (exact) mass is 375 g/mol. The Bertz CT molecular complexity index is 765. The van der Waals surface area contributed by atoms with Crippen LogP contribution in [0.5, 0.6) is 0 Å². The summed E-state index contributed by atoms with van der Waals surface area (Å²) in [4.78, 5) is 4.07. The number of nitrogen functional groups attached to an aromatic ring is 1.